The summed E-state index contributed by atoms with van der Waals surface area (Å²) in [5.41, 5.74) is 1.53. The van der Waals surface area contributed by atoms with Gasteiger partial charge in [0, 0.05) is 35.8 Å². The average molecular weight is 477 g/mol. The Morgan fingerprint density at radius 2 is 1.88 bits per heavy atom. The highest BCUT2D eigenvalue weighted by Gasteiger charge is 2.34. The van der Waals surface area contributed by atoms with Gasteiger partial charge in [0.05, 0.1) is 12.8 Å². The summed E-state index contributed by atoms with van der Waals surface area (Å²) in [6, 6.07) is 11.1. The molecule has 1 aromatic carbocycles. The summed E-state index contributed by atoms with van der Waals surface area (Å²) in [6.45, 7) is 1.90. The Balaban J connectivity index is 1.46. The fourth-order valence-corrected chi connectivity index (χ4v) is 4.70. The van der Waals surface area contributed by atoms with Crippen LogP contribution in [0.3, 0.4) is 0 Å². The van der Waals surface area contributed by atoms with Crippen LogP contribution in [0.1, 0.15) is 30.6 Å². The van der Waals surface area contributed by atoms with E-state index in [1.165, 1.54) is 11.2 Å². The number of piperidine rings is 1. The van der Waals surface area contributed by atoms with Gasteiger partial charge in [0.1, 0.15) is 17.9 Å². The molecular weight excluding hydrogens is 452 g/mol. The molecule has 0 atom stereocenters. The topological polar surface area (TPSA) is 87.8 Å². The molecule has 0 unspecified atom stereocenters. The molecule has 2 saturated heterocycles. The molecule has 2 fully saturated rings. The van der Waals surface area contributed by atoms with Gasteiger partial charge >= 0.3 is 0 Å². The Morgan fingerprint density at radius 3 is 2.65 bits per heavy atom. The van der Waals surface area contributed by atoms with E-state index in [4.69, 9.17) is 16.6 Å². The third-order valence-electron chi connectivity index (χ3n) is 6.21. The van der Waals surface area contributed by atoms with Crippen LogP contribution in [0, 0.1) is 0 Å². The highest BCUT2D eigenvalue weighted by Crippen LogP contribution is 2.26. The fraction of sp³-hybridized carbons (Fsp3) is 0.280. The highest BCUT2D eigenvalue weighted by molar-refractivity contribution is 7.80. The van der Waals surface area contributed by atoms with Gasteiger partial charge in [0.25, 0.3) is 11.8 Å². The number of likely N-dealkylation sites (tertiary alicyclic amines) is 1. The van der Waals surface area contributed by atoms with Gasteiger partial charge in [0.2, 0.25) is 5.91 Å². The molecule has 1 N–H and O–H groups in total. The fourth-order valence-electron chi connectivity index (χ4n) is 4.46. The van der Waals surface area contributed by atoms with E-state index in [1.54, 1.807) is 18.2 Å². The van der Waals surface area contributed by atoms with Crippen molar-refractivity contribution in [3.63, 3.8) is 0 Å². The number of amides is 3. The van der Waals surface area contributed by atoms with Crippen molar-refractivity contribution in [3.8, 4) is 0 Å². The number of hydrogen-bond donors (Lipinski definition) is 1. The predicted molar refractivity (Wildman–Crippen MR) is 130 cm³/mol. The first-order valence-electron chi connectivity index (χ1n) is 11.3. The molecule has 8 nitrogen and oxygen atoms in total. The van der Waals surface area contributed by atoms with Gasteiger partial charge in [-0.1, -0.05) is 18.2 Å². The standard InChI is InChI=1S/C25H24N4O4S/c30-22(27-10-4-1-5-11-27)16-28-14-17(19-8-2-3-9-21(19)28)13-20-23(31)26-25(34)29(24(20)32)15-18-7-6-12-33-18/h2-3,6-9,12-14H,1,4-5,10-11,15-16H2,(H,26,31,34). The van der Waals surface area contributed by atoms with Crippen molar-refractivity contribution in [2.45, 2.75) is 32.4 Å². The van der Waals surface area contributed by atoms with Crippen LogP contribution in [0.2, 0.25) is 0 Å². The van der Waals surface area contributed by atoms with Gasteiger partial charge < -0.3 is 13.9 Å². The molecule has 34 heavy (non-hydrogen) atoms. The molecule has 9 heteroatoms. The highest BCUT2D eigenvalue weighted by atomic mass is 32.1. The second-order valence-corrected chi connectivity index (χ2v) is 8.85. The number of carbonyl (C=O) groups excluding carboxylic acids is 3. The van der Waals surface area contributed by atoms with Gasteiger partial charge in [-0.15, -0.1) is 0 Å². The molecule has 2 aliphatic heterocycles. The average Bonchev–Trinajstić information content (AvgIpc) is 3.48. The maximum absolute atomic E-state index is 13.2. The summed E-state index contributed by atoms with van der Waals surface area (Å²) in [7, 11) is 0. The van der Waals surface area contributed by atoms with E-state index in [-0.39, 0.29) is 29.7 Å². The van der Waals surface area contributed by atoms with E-state index < -0.39 is 11.8 Å². The number of nitrogens with zero attached hydrogens (tertiary/aromatic N) is 3. The van der Waals surface area contributed by atoms with E-state index in [0.29, 0.717) is 11.3 Å². The number of carbonyl (C=O) groups is 3. The lowest BCUT2D eigenvalue weighted by Gasteiger charge is -2.28. The van der Waals surface area contributed by atoms with E-state index in [9.17, 15) is 14.4 Å². The van der Waals surface area contributed by atoms with E-state index in [0.717, 1.165) is 43.3 Å². The van der Waals surface area contributed by atoms with Crippen molar-refractivity contribution in [1.82, 2.24) is 19.7 Å². The zero-order valence-corrected chi connectivity index (χ0v) is 19.3. The summed E-state index contributed by atoms with van der Waals surface area (Å²) in [5, 5.41) is 3.49. The monoisotopic (exact) mass is 476 g/mol. The number of fused-ring (bicyclic) bond motifs is 1. The lowest BCUT2D eigenvalue weighted by atomic mass is 10.1. The maximum atomic E-state index is 13.2. The van der Waals surface area contributed by atoms with Crippen molar-refractivity contribution in [2.75, 3.05) is 13.1 Å². The molecule has 0 aliphatic carbocycles. The zero-order valence-electron chi connectivity index (χ0n) is 18.5. The first-order chi connectivity index (χ1) is 16.5. The second-order valence-electron chi connectivity index (χ2n) is 8.46. The number of rotatable bonds is 5. The molecule has 174 valence electrons. The third kappa shape index (κ3) is 4.26. The number of thiocarbonyl (C=S) groups is 1. The van der Waals surface area contributed by atoms with Crippen molar-refractivity contribution >= 4 is 52.0 Å². The van der Waals surface area contributed by atoms with Crippen molar-refractivity contribution in [3.05, 3.63) is 65.8 Å². The largest absolute Gasteiger partial charge is 0.467 e. The van der Waals surface area contributed by atoms with Crippen LogP contribution in [0.4, 0.5) is 0 Å². The van der Waals surface area contributed by atoms with Crippen LogP contribution in [0.25, 0.3) is 17.0 Å². The number of aromatic nitrogens is 1. The maximum Gasteiger partial charge on any atom is 0.266 e. The molecule has 3 aromatic rings. The Kier molecular flexibility index (Phi) is 6.02. The van der Waals surface area contributed by atoms with Crippen LogP contribution in [0.5, 0.6) is 0 Å². The third-order valence-corrected chi connectivity index (χ3v) is 6.54. The summed E-state index contributed by atoms with van der Waals surface area (Å²) in [6.07, 6.45) is 8.13. The van der Waals surface area contributed by atoms with Gasteiger partial charge in [-0.2, -0.15) is 0 Å². The van der Waals surface area contributed by atoms with E-state index in [2.05, 4.69) is 5.32 Å². The van der Waals surface area contributed by atoms with Crippen molar-refractivity contribution in [2.24, 2.45) is 0 Å². The van der Waals surface area contributed by atoms with E-state index in [1.807, 2.05) is 39.9 Å². The second kappa shape index (κ2) is 9.26. The first kappa shape index (κ1) is 22.1. The molecule has 0 bridgehead atoms. The van der Waals surface area contributed by atoms with Crippen LogP contribution in [-0.4, -0.2) is 50.3 Å². The normalized spacial score (nSPS) is 18.1. The Hall–Kier alpha value is -3.72. The minimum atomic E-state index is -0.549. The summed E-state index contributed by atoms with van der Waals surface area (Å²) < 4.78 is 7.22. The van der Waals surface area contributed by atoms with Gasteiger partial charge in [-0.3, -0.25) is 24.6 Å². The predicted octanol–water partition coefficient (Wildman–Crippen LogP) is 3.07. The first-order valence-corrected chi connectivity index (χ1v) is 11.7. The van der Waals surface area contributed by atoms with Crippen molar-refractivity contribution < 1.29 is 18.8 Å². The number of furan rings is 1. The molecule has 0 radical (unpaired) electrons. The van der Waals surface area contributed by atoms with Gasteiger partial charge in [-0.05, 0) is 55.8 Å². The summed E-state index contributed by atoms with van der Waals surface area (Å²) in [4.78, 5) is 42.0. The molecule has 3 amide bonds. The number of nitrogens with one attached hydrogen (secondary N) is 1. The molecule has 4 heterocycles. The molecule has 2 aliphatic rings. The molecule has 5 rings (SSSR count). The Labute approximate surface area is 201 Å². The lowest BCUT2D eigenvalue weighted by Crippen LogP contribution is -2.53. The number of hydrogen-bond acceptors (Lipinski definition) is 5. The molecule has 0 saturated carbocycles. The van der Waals surface area contributed by atoms with Crippen LogP contribution < -0.4 is 5.32 Å². The minimum Gasteiger partial charge on any atom is -0.467 e. The smallest absolute Gasteiger partial charge is 0.266 e. The summed E-state index contributed by atoms with van der Waals surface area (Å²) in [5.74, 6) is -0.418. The van der Waals surface area contributed by atoms with Gasteiger partial charge in [0.15, 0.2) is 5.11 Å². The van der Waals surface area contributed by atoms with Crippen LogP contribution >= 0.6 is 12.2 Å². The number of para-hydroxylation sites is 1. The van der Waals surface area contributed by atoms with Crippen molar-refractivity contribution in [1.29, 1.82) is 0 Å². The molecule has 2 aromatic heterocycles. The van der Waals surface area contributed by atoms with E-state index >= 15 is 0 Å². The van der Waals surface area contributed by atoms with Crippen LogP contribution in [-0.2, 0) is 27.5 Å². The molecular formula is C25H24N4O4S. The molecule has 0 spiro atoms. The van der Waals surface area contributed by atoms with Gasteiger partial charge in [-0.25, -0.2) is 0 Å². The SMILES string of the molecule is O=C1NC(=S)N(Cc2ccco2)C(=O)C1=Cc1cn(CC(=O)N2CCCCC2)c2ccccc12. The number of benzene rings is 1. The Bertz CT molecular complexity index is 1300. The lowest BCUT2D eigenvalue weighted by molar-refractivity contribution is -0.133. The summed E-state index contributed by atoms with van der Waals surface area (Å²) >= 11 is 5.22. The minimum absolute atomic E-state index is 0.0228. The Morgan fingerprint density at radius 1 is 1.09 bits per heavy atom. The quantitative estimate of drug-likeness (QED) is 0.347. The zero-order chi connectivity index (χ0) is 23.7. The van der Waals surface area contributed by atoms with Crippen LogP contribution in [0.15, 0.2) is 58.8 Å².